The highest BCUT2D eigenvalue weighted by Gasteiger charge is 2.02. The van der Waals surface area contributed by atoms with Gasteiger partial charge in [0.2, 0.25) is 0 Å². The van der Waals surface area contributed by atoms with Gasteiger partial charge in [-0.15, -0.1) is 0 Å². The fraction of sp³-hybridized carbons (Fsp3) is 0.235. The lowest BCUT2D eigenvalue weighted by atomic mass is 10.00. The summed E-state index contributed by atoms with van der Waals surface area (Å²) in [6.45, 7) is 3.79. The number of benzene rings is 2. The van der Waals surface area contributed by atoms with Crippen molar-refractivity contribution in [2.75, 3.05) is 0 Å². The van der Waals surface area contributed by atoms with Gasteiger partial charge in [0.15, 0.2) is 5.78 Å². The van der Waals surface area contributed by atoms with E-state index in [4.69, 9.17) is 0 Å². The maximum atomic E-state index is 11.4. The van der Waals surface area contributed by atoms with Gasteiger partial charge in [0.25, 0.3) is 0 Å². The molecule has 0 amide bonds. The molecule has 92 valence electrons. The molecule has 0 radical (unpaired) electrons. The number of carbonyl (C=O) groups is 1. The number of Topliss-reactive ketones (excluding diaryl/α,β-unsaturated/α-hetero) is 1. The van der Waals surface area contributed by atoms with E-state index in [1.54, 1.807) is 6.92 Å². The number of ketones is 1. The van der Waals surface area contributed by atoms with Crippen LogP contribution in [0.1, 0.15) is 36.2 Å². The lowest BCUT2D eigenvalue weighted by Gasteiger charge is -2.05. The number of carbonyl (C=O) groups excluding carboxylic acids is 1. The lowest BCUT2D eigenvalue weighted by molar-refractivity contribution is 0.101. The Morgan fingerprint density at radius 3 is 2.33 bits per heavy atom. The molecule has 18 heavy (non-hydrogen) atoms. The van der Waals surface area contributed by atoms with Crippen molar-refractivity contribution in [1.82, 2.24) is 0 Å². The molecule has 2 aromatic carbocycles. The van der Waals surface area contributed by atoms with E-state index in [2.05, 4.69) is 31.2 Å². The third-order valence-corrected chi connectivity index (χ3v) is 3.10. The molecule has 2 aromatic rings. The van der Waals surface area contributed by atoms with Crippen LogP contribution in [0, 0.1) is 0 Å². The van der Waals surface area contributed by atoms with Gasteiger partial charge in [-0.3, -0.25) is 4.79 Å². The van der Waals surface area contributed by atoms with Crippen molar-refractivity contribution in [3.8, 4) is 11.1 Å². The maximum Gasteiger partial charge on any atom is 0.159 e. The van der Waals surface area contributed by atoms with Gasteiger partial charge >= 0.3 is 0 Å². The van der Waals surface area contributed by atoms with Gasteiger partial charge < -0.3 is 0 Å². The third kappa shape index (κ3) is 2.86. The van der Waals surface area contributed by atoms with E-state index in [0.717, 1.165) is 23.1 Å². The van der Waals surface area contributed by atoms with Gasteiger partial charge in [0.05, 0.1) is 0 Å². The van der Waals surface area contributed by atoms with Crippen LogP contribution < -0.4 is 0 Å². The first-order valence-electron chi connectivity index (χ1n) is 6.41. The van der Waals surface area contributed by atoms with E-state index in [9.17, 15) is 4.79 Å². The second kappa shape index (κ2) is 5.63. The number of rotatable bonds is 4. The fourth-order valence-electron chi connectivity index (χ4n) is 2.07. The molecule has 0 N–H and O–H groups in total. The zero-order valence-electron chi connectivity index (χ0n) is 10.9. The summed E-state index contributed by atoms with van der Waals surface area (Å²) in [5.41, 5.74) is 4.40. The van der Waals surface area contributed by atoms with Gasteiger partial charge in [-0.1, -0.05) is 55.8 Å². The van der Waals surface area contributed by atoms with Crippen molar-refractivity contribution in [2.24, 2.45) is 0 Å². The lowest BCUT2D eigenvalue weighted by Crippen LogP contribution is -1.91. The van der Waals surface area contributed by atoms with E-state index in [0.29, 0.717) is 0 Å². The van der Waals surface area contributed by atoms with Crippen LogP contribution in [0.3, 0.4) is 0 Å². The van der Waals surface area contributed by atoms with Gasteiger partial charge in [0, 0.05) is 5.56 Å². The van der Waals surface area contributed by atoms with Gasteiger partial charge in [0.1, 0.15) is 0 Å². The Morgan fingerprint density at radius 2 is 1.72 bits per heavy atom. The second-order valence-corrected chi connectivity index (χ2v) is 4.58. The molecule has 1 nitrogen and oxygen atoms in total. The molecule has 0 aliphatic rings. The normalized spacial score (nSPS) is 10.3. The molecule has 0 bridgehead atoms. The van der Waals surface area contributed by atoms with Crippen molar-refractivity contribution < 1.29 is 4.79 Å². The molecule has 0 aliphatic heterocycles. The first-order chi connectivity index (χ1) is 8.70. The van der Waals surface area contributed by atoms with Crippen LogP contribution in [0.2, 0.25) is 0 Å². The highest BCUT2D eigenvalue weighted by atomic mass is 16.1. The highest BCUT2D eigenvalue weighted by Crippen LogP contribution is 2.21. The standard InChI is InChI=1S/C17H18O/c1-3-5-14-8-10-15(11-9-14)17-7-4-6-16(12-17)13(2)18/h4,6-12H,3,5H2,1-2H3. The zero-order chi connectivity index (χ0) is 13.0. The van der Waals surface area contributed by atoms with Gasteiger partial charge in [-0.25, -0.2) is 0 Å². The Bertz CT molecular complexity index is 538. The van der Waals surface area contributed by atoms with E-state index in [-0.39, 0.29) is 5.78 Å². The Morgan fingerprint density at radius 1 is 1.00 bits per heavy atom. The SMILES string of the molecule is CCCc1ccc(-c2cccc(C(C)=O)c2)cc1. The average molecular weight is 238 g/mol. The first-order valence-corrected chi connectivity index (χ1v) is 6.41. The second-order valence-electron chi connectivity index (χ2n) is 4.58. The Hall–Kier alpha value is -1.89. The van der Waals surface area contributed by atoms with E-state index in [1.165, 1.54) is 12.0 Å². The van der Waals surface area contributed by atoms with Crippen LogP contribution in [-0.2, 0) is 6.42 Å². The van der Waals surface area contributed by atoms with Crippen LogP contribution in [0.5, 0.6) is 0 Å². The van der Waals surface area contributed by atoms with Gasteiger partial charge in [-0.2, -0.15) is 0 Å². The largest absolute Gasteiger partial charge is 0.295 e. The van der Waals surface area contributed by atoms with Crippen LogP contribution >= 0.6 is 0 Å². The molecular weight excluding hydrogens is 220 g/mol. The van der Waals surface area contributed by atoms with E-state index >= 15 is 0 Å². The summed E-state index contributed by atoms with van der Waals surface area (Å²) in [6, 6.07) is 16.4. The predicted octanol–water partition coefficient (Wildman–Crippen LogP) is 4.51. The summed E-state index contributed by atoms with van der Waals surface area (Å²) in [4.78, 5) is 11.4. The fourth-order valence-corrected chi connectivity index (χ4v) is 2.07. The van der Waals surface area contributed by atoms with Crippen molar-refractivity contribution in [3.63, 3.8) is 0 Å². The first kappa shape index (κ1) is 12.6. The van der Waals surface area contributed by atoms with Crippen molar-refractivity contribution >= 4 is 5.78 Å². The molecule has 0 aliphatic carbocycles. The number of aryl methyl sites for hydroxylation is 1. The summed E-state index contributed by atoms with van der Waals surface area (Å²) in [5.74, 6) is 0.111. The Balaban J connectivity index is 2.30. The van der Waals surface area contributed by atoms with E-state index in [1.807, 2.05) is 24.3 Å². The Kier molecular flexibility index (Phi) is 3.93. The quantitative estimate of drug-likeness (QED) is 0.716. The molecule has 0 spiro atoms. The minimum atomic E-state index is 0.111. The van der Waals surface area contributed by atoms with Crippen molar-refractivity contribution in [3.05, 3.63) is 59.7 Å². The van der Waals surface area contributed by atoms with Crippen LogP contribution in [0.25, 0.3) is 11.1 Å². The molecule has 2 rings (SSSR count). The molecule has 0 fully saturated rings. The minimum absolute atomic E-state index is 0.111. The smallest absolute Gasteiger partial charge is 0.159 e. The summed E-state index contributed by atoms with van der Waals surface area (Å²) < 4.78 is 0. The maximum absolute atomic E-state index is 11.4. The molecular formula is C17H18O. The summed E-state index contributed by atoms with van der Waals surface area (Å²) in [5, 5.41) is 0. The molecule has 0 saturated carbocycles. The minimum Gasteiger partial charge on any atom is -0.295 e. The highest BCUT2D eigenvalue weighted by molar-refractivity contribution is 5.95. The van der Waals surface area contributed by atoms with Gasteiger partial charge in [-0.05, 0) is 36.1 Å². The van der Waals surface area contributed by atoms with Crippen LogP contribution in [-0.4, -0.2) is 5.78 Å². The summed E-state index contributed by atoms with van der Waals surface area (Å²) in [6.07, 6.45) is 2.28. The molecule has 0 heterocycles. The molecule has 0 saturated heterocycles. The monoisotopic (exact) mass is 238 g/mol. The third-order valence-electron chi connectivity index (χ3n) is 3.10. The van der Waals surface area contributed by atoms with E-state index < -0.39 is 0 Å². The van der Waals surface area contributed by atoms with Crippen molar-refractivity contribution in [1.29, 1.82) is 0 Å². The average Bonchev–Trinajstić information content (AvgIpc) is 2.40. The molecule has 0 unspecified atom stereocenters. The summed E-state index contributed by atoms with van der Waals surface area (Å²) >= 11 is 0. The topological polar surface area (TPSA) is 17.1 Å². The number of hydrogen-bond donors (Lipinski definition) is 0. The molecule has 1 heteroatoms. The van der Waals surface area contributed by atoms with Crippen LogP contribution in [0.15, 0.2) is 48.5 Å². The number of hydrogen-bond acceptors (Lipinski definition) is 1. The Labute approximate surface area is 108 Å². The zero-order valence-corrected chi connectivity index (χ0v) is 10.9. The molecule has 0 atom stereocenters. The molecule has 0 aromatic heterocycles. The predicted molar refractivity (Wildman–Crippen MR) is 75.9 cm³/mol. The summed E-state index contributed by atoms with van der Waals surface area (Å²) in [7, 11) is 0. The van der Waals surface area contributed by atoms with Crippen LogP contribution in [0.4, 0.5) is 0 Å². The van der Waals surface area contributed by atoms with Crippen molar-refractivity contribution in [2.45, 2.75) is 26.7 Å².